The molecule has 0 spiro atoms. The van der Waals surface area contributed by atoms with Crippen LogP contribution in [0.3, 0.4) is 0 Å². The second kappa shape index (κ2) is 6.51. The number of H-pyrrole nitrogens is 1. The molecule has 1 aliphatic carbocycles. The fourth-order valence-electron chi connectivity index (χ4n) is 3.21. The number of allylic oxidation sites excluding steroid dienone is 1. The molecule has 24 heavy (non-hydrogen) atoms. The van der Waals surface area contributed by atoms with Crippen molar-refractivity contribution in [2.24, 2.45) is 0 Å². The maximum Gasteiger partial charge on any atom is 0.338 e. The number of aryl methyl sites for hydroxylation is 1. The fourth-order valence-corrected chi connectivity index (χ4v) is 3.21. The topological polar surface area (TPSA) is 62.4 Å². The molecule has 0 radical (unpaired) electrons. The first-order valence-corrected chi connectivity index (χ1v) is 8.24. The number of fused-ring (bicyclic) bond motifs is 3. The Bertz CT molecular complexity index is 830. The summed E-state index contributed by atoms with van der Waals surface area (Å²) >= 11 is 0. The molecule has 1 aromatic heterocycles. The molecule has 0 amide bonds. The SMILES string of the molecule is CCOC(=O)c1ccc2[nH]c3c(c2c1)CCCC(=CN(C)C)C3=O. The summed E-state index contributed by atoms with van der Waals surface area (Å²) in [5, 5.41) is 0.940. The molecule has 0 bridgehead atoms. The second-order valence-corrected chi connectivity index (χ2v) is 6.26. The van der Waals surface area contributed by atoms with E-state index >= 15 is 0 Å². The first-order valence-electron chi connectivity index (χ1n) is 8.24. The molecule has 0 saturated heterocycles. The van der Waals surface area contributed by atoms with Gasteiger partial charge in [0.25, 0.3) is 0 Å². The van der Waals surface area contributed by atoms with Gasteiger partial charge in [0.1, 0.15) is 0 Å². The number of ketones is 1. The van der Waals surface area contributed by atoms with Crippen LogP contribution in [-0.2, 0) is 11.2 Å². The first kappa shape index (κ1) is 16.3. The van der Waals surface area contributed by atoms with Gasteiger partial charge < -0.3 is 14.6 Å². The normalized spacial score (nSPS) is 16.1. The van der Waals surface area contributed by atoms with E-state index in [0.29, 0.717) is 17.9 Å². The number of nitrogens with one attached hydrogen (secondary N) is 1. The Balaban J connectivity index is 2.08. The van der Waals surface area contributed by atoms with E-state index in [-0.39, 0.29) is 11.8 Å². The summed E-state index contributed by atoms with van der Waals surface area (Å²) in [5.74, 6) is -0.285. The minimum Gasteiger partial charge on any atom is -0.462 e. The lowest BCUT2D eigenvalue weighted by molar-refractivity contribution is 0.0526. The van der Waals surface area contributed by atoms with E-state index < -0.39 is 0 Å². The largest absolute Gasteiger partial charge is 0.462 e. The number of carbonyl (C=O) groups excluding carboxylic acids is 2. The molecule has 126 valence electrons. The predicted octanol–water partition coefficient (Wildman–Crippen LogP) is 3.31. The standard InChI is InChI=1S/C19H22N2O3/c1-4-24-19(23)12-8-9-16-15(10-12)14-7-5-6-13(11-21(2)3)18(22)17(14)20-16/h8-11,20H,4-7H2,1-3H3. The van der Waals surface area contributed by atoms with Crippen molar-refractivity contribution in [2.75, 3.05) is 20.7 Å². The minimum atomic E-state index is -0.331. The van der Waals surface area contributed by atoms with Gasteiger partial charge in [0.2, 0.25) is 5.78 Å². The summed E-state index contributed by atoms with van der Waals surface area (Å²) in [6, 6.07) is 5.41. The lowest BCUT2D eigenvalue weighted by Crippen LogP contribution is -2.09. The summed E-state index contributed by atoms with van der Waals surface area (Å²) < 4.78 is 5.07. The average Bonchev–Trinajstić information content (AvgIpc) is 2.83. The van der Waals surface area contributed by atoms with Crippen LogP contribution < -0.4 is 0 Å². The Morgan fingerprint density at radius 1 is 1.33 bits per heavy atom. The molecular weight excluding hydrogens is 304 g/mol. The summed E-state index contributed by atoms with van der Waals surface area (Å²) in [6.07, 6.45) is 4.39. The van der Waals surface area contributed by atoms with Crippen LogP contribution in [0.2, 0.25) is 0 Å². The number of esters is 1. The van der Waals surface area contributed by atoms with Crippen LogP contribution in [0.1, 0.15) is 46.2 Å². The highest BCUT2D eigenvalue weighted by atomic mass is 16.5. The van der Waals surface area contributed by atoms with Gasteiger partial charge in [-0.2, -0.15) is 0 Å². The summed E-state index contributed by atoms with van der Waals surface area (Å²) in [7, 11) is 3.84. The van der Waals surface area contributed by atoms with E-state index in [9.17, 15) is 9.59 Å². The van der Waals surface area contributed by atoms with Gasteiger partial charge in [-0.25, -0.2) is 4.79 Å². The van der Waals surface area contributed by atoms with Gasteiger partial charge in [0.05, 0.1) is 17.9 Å². The number of hydrogen-bond donors (Lipinski definition) is 1. The second-order valence-electron chi connectivity index (χ2n) is 6.26. The highest BCUT2D eigenvalue weighted by Gasteiger charge is 2.24. The van der Waals surface area contributed by atoms with Gasteiger partial charge in [-0.05, 0) is 49.9 Å². The van der Waals surface area contributed by atoms with Crippen LogP contribution in [0.15, 0.2) is 30.0 Å². The molecule has 0 fully saturated rings. The number of benzene rings is 1. The Morgan fingerprint density at radius 3 is 2.83 bits per heavy atom. The van der Waals surface area contributed by atoms with Crippen LogP contribution in [0.25, 0.3) is 10.9 Å². The zero-order valence-corrected chi connectivity index (χ0v) is 14.3. The van der Waals surface area contributed by atoms with E-state index in [1.807, 2.05) is 37.3 Å². The molecular formula is C19H22N2O3. The van der Waals surface area contributed by atoms with Crippen LogP contribution in [-0.4, -0.2) is 42.3 Å². The molecule has 0 aliphatic heterocycles. The first-order chi connectivity index (χ1) is 11.5. The van der Waals surface area contributed by atoms with E-state index in [1.165, 1.54) is 0 Å². The zero-order valence-electron chi connectivity index (χ0n) is 14.3. The van der Waals surface area contributed by atoms with Crippen molar-refractivity contribution in [2.45, 2.75) is 26.2 Å². The number of ether oxygens (including phenoxy) is 1. The monoisotopic (exact) mass is 326 g/mol. The van der Waals surface area contributed by atoms with Crippen LogP contribution in [0, 0.1) is 0 Å². The molecule has 0 atom stereocenters. The lowest BCUT2D eigenvalue weighted by atomic mass is 10.0. The third-order valence-electron chi connectivity index (χ3n) is 4.22. The molecule has 0 saturated carbocycles. The van der Waals surface area contributed by atoms with Gasteiger partial charge in [-0.1, -0.05) is 0 Å². The van der Waals surface area contributed by atoms with Crippen LogP contribution in [0.5, 0.6) is 0 Å². The molecule has 3 rings (SSSR count). The fraction of sp³-hybridized carbons (Fsp3) is 0.368. The Morgan fingerprint density at radius 2 is 2.12 bits per heavy atom. The number of nitrogens with zero attached hydrogens (tertiary/aromatic N) is 1. The molecule has 5 nitrogen and oxygen atoms in total. The minimum absolute atomic E-state index is 0.0464. The Kier molecular flexibility index (Phi) is 4.42. The third-order valence-corrected chi connectivity index (χ3v) is 4.22. The molecule has 5 heteroatoms. The van der Waals surface area contributed by atoms with Crippen molar-refractivity contribution in [3.05, 3.63) is 46.8 Å². The maximum atomic E-state index is 12.8. The van der Waals surface area contributed by atoms with Crippen molar-refractivity contribution in [3.63, 3.8) is 0 Å². The lowest BCUT2D eigenvalue weighted by Gasteiger charge is -2.08. The molecule has 0 unspecified atom stereocenters. The average molecular weight is 326 g/mol. The van der Waals surface area contributed by atoms with Crippen molar-refractivity contribution < 1.29 is 14.3 Å². The highest BCUT2D eigenvalue weighted by Crippen LogP contribution is 2.31. The van der Waals surface area contributed by atoms with Crippen molar-refractivity contribution >= 4 is 22.7 Å². The number of carbonyl (C=O) groups is 2. The summed E-state index contributed by atoms with van der Waals surface area (Å²) in [6.45, 7) is 2.13. The van der Waals surface area contributed by atoms with E-state index in [2.05, 4.69) is 4.98 Å². The number of aromatic nitrogens is 1. The van der Waals surface area contributed by atoms with E-state index in [4.69, 9.17) is 4.74 Å². The Hall–Kier alpha value is -2.56. The molecule has 1 N–H and O–H groups in total. The highest BCUT2D eigenvalue weighted by molar-refractivity contribution is 6.12. The Labute approximate surface area is 141 Å². The molecule has 1 aromatic carbocycles. The van der Waals surface area contributed by atoms with Gasteiger partial charge in [0, 0.05) is 36.8 Å². The van der Waals surface area contributed by atoms with Gasteiger partial charge in [-0.3, -0.25) is 4.79 Å². The number of Topliss-reactive ketones (excluding diaryl/α,β-unsaturated/α-hetero) is 1. The zero-order chi connectivity index (χ0) is 17.3. The van der Waals surface area contributed by atoms with E-state index in [1.54, 1.807) is 13.0 Å². The van der Waals surface area contributed by atoms with Gasteiger partial charge in [-0.15, -0.1) is 0 Å². The summed E-state index contributed by atoms with van der Waals surface area (Å²) in [5.41, 5.74) is 3.87. The predicted molar refractivity (Wildman–Crippen MR) is 93.3 cm³/mol. The molecule has 1 heterocycles. The van der Waals surface area contributed by atoms with Crippen LogP contribution >= 0.6 is 0 Å². The molecule has 1 aliphatic rings. The van der Waals surface area contributed by atoms with Crippen LogP contribution in [0.4, 0.5) is 0 Å². The quantitative estimate of drug-likeness (QED) is 0.534. The van der Waals surface area contributed by atoms with Gasteiger partial charge in [0.15, 0.2) is 0 Å². The third kappa shape index (κ3) is 2.94. The smallest absolute Gasteiger partial charge is 0.338 e. The summed E-state index contributed by atoms with van der Waals surface area (Å²) in [4.78, 5) is 30.0. The van der Waals surface area contributed by atoms with Crippen molar-refractivity contribution in [3.8, 4) is 0 Å². The van der Waals surface area contributed by atoms with Gasteiger partial charge >= 0.3 is 5.97 Å². The number of aromatic amines is 1. The number of hydrogen-bond acceptors (Lipinski definition) is 4. The molecule has 2 aromatic rings. The number of rotatable bonds is 3. The maximum absolute atomic E-state index is 12.8. The van der Waals surface area contributed by atoms with Crippen molar-refractivity contribution in [1.29, 1.82) is 0 Å². The van der Waals surface area contributed by atoms with E-state index in [0.717, 1.165) is 41.3 Å². The van der Waals surface area contributed by atoms with Crippen molar-refractivity contribution in [1.82, 2.24) is 9.88 Å².